The van der Waals surface area contributed by atoms with Crippen molar-refractivity contribution in [1.29, 1.82) is 0 Å². The quantitative estimate of drug-likeness (QED) is 0.385. The molecule has 0 radical (unpaired) electrons. The van der Waals surface area contributed by atoms with E-state index in [9.17, 15) is 0 Å². The van der Waals surface area contributed by atoms with Crippen LogP contribution in [0, 0.1) is 5.92 Å². The SMILES string of the molecule is C=C(C)COC(O[Si](C)(C)C)C(C)C. The van der Waals surface area contributed by atoms with Crippen molar-refractivity contribution in [3.05, 3.63) is 12.2 Å². The second-order valence-electron chi connectivity index (χ2n) is 5.11. The van der Waals surface area contributed by atoms with Crippen molar-refractivity contribution < 1.29 is 9.16 Å². The average Bonchev–Trinajstić information content (AvgIpc) is 1.94. The molecule has 0 N–H and O–H groups in total. The minimum Gasteiger partial charge on any atom is -0.393 e. The monoisotopic (exact) mass is 216 g/mol. The molecule has 0 aromatic heterocycles. The summed E-state index contributed by atoms with van der Waals surface area (Å²) >= 11 is 0. The van der Waals surface area contributed by atoms with Crippen molar-refractivity contribution >= 4 is 8.32 Å². The van der Waals surface area contributed by atoms with Crippen molar-refractivity contribution in [3.8, 4) is 0 Å². The number of hydrogen-bond donors (Lipinski definition) is 0. The van der Waals surface area contributed by atoms with Gasteiger partial charge in [0.05, 0.1) is 6.61 Å². The summed E-state index contributed by atoms with van der Waals surface area (Å²) in [5.41, 5.74) is 1.04. The van der Waals surface area contributed by atoms with Crippen LogP contribution in [0.1, 0.15) is 20.8 Å². The van der Waals surface area contributed by atoms with Crippen LogP contribution in [0.4, 0.5) is 0 Å². The van der Waals surface area contributed by atoms with Gasteiger partial charge in [-0.2, -0.15) is 0 Å². The van der Waals surface area contributed by atoms with E-state index >= 15 is 0 Å². The normalized spacial score (nSPS) is 14.5. The molecule has 3 heteroatoms. The number of ether oxygens (including phenoxy) is 1. The van der Waals surface area contributed by atoms with Crippen LogP contribution < -0.4 is 0 Å². The van der Waals surface area contributed by atoms with Crippen LogP contribution in [0.2, 0.25) is 19.6 Å². The summed E-state index contributed by atoms with van der Waals surface area (Å²) < 4.78 is 11.6. The Morgan fingerprint density at radius 1 is 1.29 bits per heavy atom. The summed E-state index contributed by atoms with van der Waals surface area (Å²) in [6.07, 6.45) is -0.0848. The van der Waals surface area contributed by atoms with Gasteiger partial charge in [0.1, 0.15) is 6.29 Å². The minimum absolute atomic E-state index is 0.0848. The molecular formula is C11H24O2Si. The van der Waals surface area contributed by atoms with Gasteiger partial charge in [-0.25, -0.2) is 0 Å². The van der Waals surface area contributed by atoms with E-state index in [0.29, 0.717) is 12.5 Å². The molecule has 0 bridgehead atoms. The molecule has 0 amide bonds. The van der Waals surface area contributed by atoms with Gasteiger partial charge in [0.15, 0.2) is 8.32 Å². The molecule has 14 heavy (non-hydrogen) atoms. The summed E-state index contributed by atoms with van der Waals surface area (Å²) in [6, 6.07) is 0. The Morgan fingerprint density at radius 2 is 1.79 bits per heavy atom. The number of hydrogen-bond acceptors (Lipinski definition) is 2. The van der Waals surface area contributed by atoms with Crippen molar-refractivity contribution in [2.24, 2.45) is 5.92 Å². The second kappa shape index (κ2) is 5.68. The zero-order valence-electron chi connectivity index (χ0n) is 10.4. The van der Waals surface area contributed by atoms with Crippen molar-refractivity contribution in [2.75, 3.05) is 6.61 Å². The fraction of sp³-hybridized carbons (Fsp3) is 0.818. The van der Waals surface area contributed by atoms with Gasteiger partial charge in [-0.05, 0) is 26.6 Å². The molecule has 84 valence electrons. The van der Waals surface area contributed by atoms with Crippen LogP contribution in [0.15, 0.2) is 12.2 Å². The average molecular weight is 216 g/mol. The van der Waals surface area contributed by atoms with Crippen LogP contribution in [-0.4, -0.2) is 21.2 Å². The fourth-order valence-corrected chi connectivity index (χ4v) is 1.97. The first-order valence-corrected chi connectivity index (χ1v) is 8.57. The molecule has 0 aromatic rings. The first-order valence-electron chi connectivity index (χ1n) is 5.16. The molecule has 0 aliphatic heterocycles. The summed E-state index contributed by atoms with van der Waals surface area (Å²) in [6.45, 7) is 17.1. The van der Waals surface area contributed by atoms with Crippen LogP contribution in [-0.2, 0) is 9.16 Å². The Kier molecular flexibility index (Phi) is 5.63. The van der Waals surface area contributed by atoms with E-state index in [4.69, 9.17) is 9.16 Å². The molecule has 0 aliphatic rings. The maximum Gasteiger partial charge on any atom is 0.187 e. The first-order chi connectivity index (χ1) is 6.22. The molecule has 0 aromatic carbocycles. The third-order valence-corrected chi connectivity index (χ3v) is 2.45. The molecule has 0 rings (SSSR count). The fourth-order valence-electron chi connectivity index (χ4n) is 0.935. The highest BCUT2D eigenvalue weighted by Crippen LogP contribution is 2.15. The topological polar surface area (TPSA) is 18.5 Å². The summed E-state index contributed by atoms with van der Waals surface area (Å²) in [5.74, 6) is 0.390. The summed E-state index contributed by atoms with van der Waals surface area (Å²) in [7, 11) is -1.51. The summed E-state index contributed by atoms with van der Waals surface area (Å²) in [4.78, 5) is 0. The Morgan fingerprint density at radius 3 is 2.07 bits per heavy atom. The minimum atomic E-state index is -1.51. The predicted molar refractivity (Wildman–Crippen MR) is 63.8 cm³/mol. The third-order valence-electron chi connectivity index (χ3n) is 1.51. The largest absolute Gasteiger partial charge is 0.393 e. The lowest BCUT2D eigenvalue weighted by Crippen LogP contribution is -2.36. The molecular weight excluding hydrogens is 192 g/mol. The van der Waals surface area contributed by atoms with E-state index in [1.54, 1.807) is 0 Å². The van der Waals surface area contributed by atoms with E-state index in [0.717, 1.165) is 5.57 Å². The van der Waals surface area contributed by atoms with Crippen LogP contribution in [0.25, 0.3) is 0 Å². The van der Waals surface area contributed by atoms with Gasteiger partial charge in [-0.15, -0.1) is 0 Å². The maximum atomic E-state index is 5.93. The van der Waals surface area contributed by atoms with Crippen molar-refractivity contribution in [2.45, 2.75) is 46.7 Å². The third kappa shape index (κ3) is 7.30. The van der Waals surface area contributed by atoms with Gasteiger partial charge >= 0.3 is 0 Å². The zero-order valence-corrected chi connectivity index (χ0v) is 11.4. The molecule has 0 aliphatic carbocycles. The Bertz CT molecular complexity index is 182. The first kappa shape index (κ1) is 13.9. The van der Waals surface area contributed by atoms with Gasteiger partial charge in [-0.1, -0.05) is 26.0 Å². The lowest BCUT2D eigenvalue weighted by molar-refractivity contribution is -0.105. The molecule has 0 saturated carbocycles. The van der Waals surface area contributed by atoms with Crippen LogP contribution in [0.3, 0.4) is 0 Å². The Labute approximate surface area is 89.4 Å². The standard InChI is InChI=1S/C11H24O2Si/c1-9(2)8-12-11(10(3)4)13-14(5,6)7/h10-11H,1,8H2,2-7H3. The molecule has 2 nitrogen and oxygen atoms in total. The van der Waals surface area contributed by atoms with E-state index in [1.807, 2.05) is 6.92 Å². The maximum absolute atomic E-state index is 5.93. The van der Waals surface area contributed by atoms with Crippen LogP contribution in [0.5, 0.6) is 0 Å². The Balaban J connectivity index is 4.10. The molecule has 0 heterocycles. The van der Waals surface area contributed by atoms with E-state index in [-0.39, 0.29) is 6.29 Å². The van der Waals surface area contributed by atoms with E-state index in [1.165, 1.54) is 0 Å². The van der Waals surface area contributed by atoms with Crippen LogP contribution >= 0.6 is 0 Å². The molecule has 0 saturated heterocycles. The van der Waals surface area contributed by atoms with Gasteiger partial charge < -0.3 is 9.16 Å². The molecule has 1 unspecified atom stereocenters. The van der Waals surface area contributed by atoms with E-state index < -0.39 is 8.32 Å². The lowest BCUT2D eigenvalue weighted by atomic mass is 10.2. The highest BCUT2D eigenvalue weighted by atomic mass is 28.4. The molecule has 0 spiro atoms. The second-order valence-corrected chi connectivity index (χ2v) is 9.57. The van der Waals surface area contributed by atoms with Gasteiger partial charge in [0.25, 0.3) is 0 Å². The van der Waals surface area contributed by atoms with Crippen molar-refractivity contribution in [1.82, 2.24) is 0 Å². The highest BCUT2D eigenvalue weighted by molar-refractivity contribution is 6.69. The number of rotatable bonds is 6. The zero-order chi connectivity index (χ0) is 11.4. The van der Waals surface area contributed by atoms with Gasteiger partial charge in [0, 0.05) is 5.92 Å². The molecule has 0 fully saturated rings. The predicted octanol–water partition coefficient (Wildman–Crippen LogP) is 3.41. The molecule has 1 atom stereocenters. The van der Waals surface area contributed by atoms with Crippen molar-refractivity contribution in [3.63, 3.8) is 0 Å². The smallest absolute Gasteiger partial charge is 0.187 e. The Hall–Kier alpha value is -0.123. The van der Waals surface area contributed by atoms with E-state index in [2.05, 4.69) is 40.1 Å². The lowest BCUT2D eigenvalue weighted by Gasteiger charge is -2.29. The van der Waals surface area contributed by atoms with Gasteiger partial charge in [0.2, 0.25) is 0 Å². The summed E-state index contributed by atoms with van der Waals surface area (Å²) in [5, 5.41) is 0. The van der Waals surface area contributed by atoms with Gasteiger partial charge in [-0.3, -0.25) is 0 Å². The highest BCUT2D eigenvalue weighted by Gasteiger charge is 2.23.